The summed E-state index contributed by atoms with van der Waals surface area (Å²) in [4.78, 5) is 108. The van der Waals surface area contributed by atoms with Crippen molar-refractivity contribution >= 4 is 59.2 Å². The number of amides is 5. The highest BCUT2D eigenvalue weighted by atomic mass is 35.5. The molecule has 0 aliphatic heterocycles. The number of benzene rings is 3. The fourth-order valence-corrected chi connectivity index (χ4v) is 8.23. The molecule has 0 unspecified atom stereocenters. The lowest BCUT2D eigenvalue weighted by atomic mass is 9.98. The molecule has 1 saturated carbocycles. The molecule has 0 bridgehead atoms. The van der Waals surface area contributed by atoms with Gasteiger partial charge < -0.3 is 50.3 Å². The number of para-hydroxylation sites is 2. The Morgan fingerprint density at radius 2 is 1.21 bits per heavy atom. The summed E-state index contributed by atoms with van der Waals surface area (Å²) >= 11 is 6.20. The summed E-state index contributed by atoms with van der Waals surface area (Å²) < 4.78 is 28.0. The number of alkyl carbamates (subject to hydrolysis) is 2. The summed E-state index contributed by atoms with van der Waals surface area (Å²) in [7, 11) is 0. The molecule has 0 saturated heterocycles. The largest absolute Gasteiger partial charge is 0.482 e. The summed E-state index contributed by atoms with van der Waals surface area (Å²) in [6.07, 6.45) is 3.18. The van der Waals surface area contributed by atoms with Crippen LogP contribution in [0.1, 0.15) is 141 Å². The highest BCUT2D eigenvalue weighted by Crippen LogP contribution is 2.28. The summed E-state index contributed by atoms with van der Waals surface area (Å²) in [5, 5.41) is 14.0. The molecule has 0 aromatic heterocycles. The SMILES string of the molecule is CC(C)C[C@H](NC(=O)[C@H](CCC(=O)OC1CCCCC1)NC(=O)OC(C)(C)C)C(=O)N[C@@H](CCCCNC(=O)OCc1ccccc1Cl)C(=O)N[C@@H](CC(C)C)C(=O)Oc1ccccc1OCC(=O)c1ccccc1. The second-order valence-electron chi connectivity index (χ2n) is 20.5. The van der Waals surface area contributed by atoms with Crippen LogP contribution in [0.15, 0.2) is 78.9 Å². The highest BCUT2D eigenvalue weighted by molar-refractivity contribution is 6.31. The van der Waals surface area contributed by atoms with Crippen LogP contribution in [0.25, 0.3) is 0 Å². The van der Waals surface area contributed by atoms with Crippen molar-refractivity contribution in [1.82, 2.24) is 26.6 Å². The summed E-state index contributed by atoms with van der Waals surface area (Å²) in [5.74, 6) is -4.02. The van der Waals surface area contributed by atoms with E-state index in [9.17, 15) is 38.4 Å². The van der Waals surface area contributed by atoms with Crippen molar-refractivity contribution in [1.29, 1.82) is 0 Å². The molecule has 4 rings (SSSR count). The predicted octanol–water partition coefficient (Wildman–Crippen LogP) is 8.70. The molecule has 3 aromatic rings. The van der Waals surface area contributed by atoms with Crippen LogP contribution in [0.3, 0.4) is 0 Å². The molecule has 5 amide bonds. The molecule has 1 fully saturated rings. The van der Waals surface area contributed by atoms with E-state index in [0.29, 0.717) is 22.6 Å². The number of hydrogen-bond acceptors (Lipinski definition) is 13. The van der Waals surface area contributed by atoms with Gasteiger partial charge >= 0.3 is 24.1 Å². The predicted molar refractivity (Wildman–Crippen MR) is 282 cm³/mol. The first-order valence-corrected chi connectivity index (χ1v) is 26.3. The molecule has 3 aromatic carbocycles. The number of halogens is 1. The van der Waals surface area contributed by atoms with Gasteiger partial charge in [0.15, 0.2) is 23.9 Å². The molecule has 1 aliphatic rings. The lowest BCUT2D eigenvalue weighted by molar-refractivity contribution is -0.151. The van der Waals surface area contributed by atoms with Gasteiger partial charge in [-0.25, -0.2) is 14.4 Å². The van der Waals surface area contributed by atoms with Crippen LogP contribution < -0.4 is 36.1 Å². The Bertz CT molecular complexity index is 2350. The molecule has 75 heavy (non-hydrogen) atoms. The Kier molecular flexibility index (Phi) is 25.4. The van der Waals surface area contributed by atoms with Crippen molar-refractivity contribution < 1.29 is 62.0 Å². The van der Waals surface area contributed by atoms with Crippen LogP contribution in [0, 0.1) is 11.8 Å². The van der Waals surface area contributed by atoms with Gasteiger partial charge in [0.05, 0.1) is 0 Å². The van der Waals surface area contributed by atoms with Gasteiger partial charge in [0.2, 0.25) is 17.7 Å². The van der Waals surface area contributed by atoms with Crippen molar-refractivity contribution in [3.8, 4) is 11.5 Å². The third-order valence-corrected chi connectivity index (χ3v) is 12.2. The van der Waals surface area contributed by atoms with E-state index in [1.54, 1.807) is 93.6 Å². The fraction of sp³-hybridized carbons (Fsp3) is 0.536. The van der Waals surface area contributed by atoms with Gasteiger partial charge in [-0.15, -0.1) is 0 Å². The van der Waals surface area contributed by atoms with Crippen LogP contribution in [0.5, 0.6) is 11.5 Å². The zero-order valence-corrected chi connectivity index (χ0v) is 45.1. The van der Waals surface area contributed by atoms with Gasteiger partial charge in [0.25, 0.3) is 0 Å². The first kappa shape index (κ1) is 60.9. The maximum atomic E-state index is 14.4. The number of rotatable bonds is 28. The van der Waals surface area contributed by atoms with Crippen LogP contribution in [0.4, 0.5) is 9.59 Å². The second-order valence-corrected chi connectivity index (χ2v) is 20.9. The van der Waals surface area contributed by atoms with Gasteiger partial charge in [-0.2, -0.15) is 0 Å². The van der Waals surface area contributed by atoms with E-state index in [0.717, 1.165) is 32.1 Å². The van der Waals surface area contributed by atoms with Gasteiger partial charge in [0.1, 0.15) is 42.5 Å². The molecule has 19 heteroatoms. The molecule has 5 N–H and O–H groups in total. The third kappa shape index (κ3) is 23.2. The number of esters is 2. The molecular formula is C56H76ClN5O13. The number of hydrogen-bond donors (Lipinski definition) is 5. The van der Waals surface area contributed by atoms with Gasteiger partial charge in [-0.3, -0.25) is 24.0 Å². The molecule has 4 atom stereocenters. The smallest absolute Gasteiger partial charge is 0.408 e. The normalized spacial score (nSPS) is 14.3. The number of ketones is 1. The molecule has 1 aliphatic carbocycles. The number of Topliss-reactive ketones (excluding diaryl/α,β-unsaturated/α-hetero) is 1. The number of ether oxygens (including phenoxy) is 5. The summed E-state index contributed by atoms with van der Waals surface area (Å²) in [5.41, 5.74) is 0.158. The van der Waals surface area contributed by atoms with E-state index in [1.165, 1.54) is 6.07 Å². The van der Waals surface area contributed by atoms with Crippen LogP contribution in [0.2, 0.25) is 5.02 Å². The monoisotopic (exact) mass is 1060 g/mol. The van der Waals surface area contributed by atoms with E-state index in [-0.39, 0.29) is 93.5 Å². The number of unbranched alkanes of at least 4 members (excludes halogenated alkanes) is 1. The quantitative estimate of drug-likeness (QED) is 0.0150. The van der Waals surface area contributed by atoms with Gasteiger partial charge in [0, 0.05) is 29.1 Å². The Morgan fingerprint density at radius 3 is 1.87 bits per heavy atom. The third-order valence-electron chi connectivity index (χ3n) is 11.8. The number of nitrogens with one attached hydrogen (secondary N) is 5. The first-order valence-electron chi connectivity index (χ1n) is 25.9. The fourth-order valence-electron chi connectivity index (χ4n) is 8.04. The zero-order chi connectivity index (χ0) is 54.9. The molecule has 18 nitrogen and oxygen atoms in total. The topological polar surface area (TPSA) is 243 Å². The Hall–Kier alpha value is -6.69. The number of carbonyl (C=O) groups excluding carboxylic acids is 8. The van der Waals surface area contributed by atoms with Gasteiger partial charge in [-0.05, 0) is 115 Å². The lowest BCUT2D eigenvalue weighted by Crippen LogP contribution is -2.58. The maximum Gasteiger partial charge on any atom is 0.408 e. The van der Waals surface area contributed by atoms with Crippen LogP contribution in [-0.2, 0) is 44.8 Å². The zero-order valence-electron chi connectivity index (χ0n) is 44.3. The van der Waals surface area contributed by atoms with E-state index < -0.39 is 71.6 Å². The lowest BCUT2D eigenvalue weighted by Gasteiger charge is -2.28. The van der Waals surface area contributed by atoms with Crippen LogP contribution >= 0.6 is 11.6 Å². The van der Waals surface area contributed by atoms with E-state index >= 15 is 0 Å². The van der Waals surface area contributed by atoms with Crippen molar-refractivity contribution in [3.05, 3.63) is 95.0 Å². The highest BCUT2D eigenvalue weighted by Gasteiger charge is 2.34. The Labute approximate surface area is 445 Å². The minimum atomic E-state index is -1.31. The Balaban J connectivity index is 1.52. The van der Waals surface area contributed by atoms with Crippen molar-refractivity contribution in [2.24, 2.45) is 11.8 Å². The summed E-state index contributed by atoms with van der Waals surface area (Å²) in [6.45, 7) is 12.1. The minimum absolute atomic E-state index is 0.0157. The van der Waals surface area contributed by atoms with Crippen molar-refractivity contribution in [2.75, 3.05) is 13.2 Å². The van der Waals surface area contributed by atoms with E-state index in [1.807, 2.05) is 27.7 Å². The van der Waals surface area contributed by atoms with Crippen LogP contribution in [-0.4, -0.2) is 96.7 Å². The minimum Gasteiger partial charge on any atom is -0.482 e. The van der Waals surface area contributed by atoms with Crippen molar-refractivity contribution in [3.63, 3.8) is 0 Å². The average Bonchev–Trinajstić information content (AvgIpc) is 3.35. The average molecular weight is 1060 g/mol. The molecule has 0 heterocycles. The van der Waals surface area contributed by atoms with Gasteiger partial charge in [-0.1, -0.05) is 106 Å². The maximum absolute atomic E-state index is 14.4. The molecule has 410 valence electrons. The standard InChI is InChI=1S/C56H76ClN5O13/c1-36(2)32-44(60-51(66)43(62-55(70)75-56(5,6)7)29-30-49(64)73-40-23-12-9-13-24-40)52(67)59-42(26-18-19-31-58-54(69)72-34-39-22-14-15-25-41(39)57)50(65)61-45(33-37(3)4)53(68)74-48-28-17-16-27-47(48)71-35-46(63)38-20-10-8-11-21-38/h8,10-11,14-17,20-22,25,27-28,36-37,40,42-45H,9,12-13,18-19,23-24,26,29-35H2,1-7H3,(H,58,69)(H,59,67)(H,60,66)(H,61,65)(H,62,70)/t42-,43-,44-,45-/m0/s1. The second kappa shape index (κ2) is 31.3. The van der Waals surface area contributed by atoms with E-state index in [2.05, 4.69) is 26.6 Å². The first-order chi connectivity index (χ1) is 35.7. The molecule has 0 spiro atoms. The van der Waals surface area contributed by atoms with E-state index in [4.69, 9.17) is 35.3 Å². The van der Waals surface area contributed by atoms with Crippen molar-refractivity contribution in [2.45, 2.75) is 168 Å². The molecule has 0 radical (unpaired) electrons. The summed E-state index contributed by atoms with van der Waals surface area (Å²) in [6, 6.07) is 16.8. The number of carbonyl (C=O) groups is 8. The molecular weight excluding hydrogens is 986 g/mol. The Morgan fingerprint density at radius 1 is 0.640 bits per heavy atom.